The van der Waals surface area contributed by atoms with Crippen LogP contribution in [0, 0.1) is 0 Å². The molecule has 0 atom stereocenters. The van der Waals surface area contributed by atoms with Crippen molar-refractivity contribution >= 4 is 12.2 Å². The molecule has 5 nitrogen and oxygen atoms in total. The Morgan fingerprint density at radius 3 is 2.78 bits per heavy atom. The highest BCUT2D eigenvalue weighted by atomic mass is 16.3. The van der Waals surface area contributed by atoms with E-state index in [0.717, 1.165) is 37.8 Å². The zero-order valence-corrected chi connectivity index (χ0v) is 10.7. The molecule has 5 heteroatoms. The highest BCUT2D eigenvalue weighted by molar-refractivity contribution is 5.73. The van der Waals surface area contributed by atoms with Crippen LogP contribution >= 0.6 is 0 Å². The van der Waals surface area contributed by atoms with Crippen molar-refractivity contribution in [3.05, 3.63) is 23.5 Å². The Kier molecular flexibility index (Phi) is 6.14. The number of aliphatic hydroxyl groups is 1. The van der Waals surface area contributed by atoms with E-state index in [4.69, 9.17) is 5.11 Å². The molecule has 0 fully saturated rings. The summed E-state index contributed by atoms with van der Waals surface area (Å²) in [6.07, 6.45) is 3.62. The molecule has 1 rings (SSSR count). The average molecular weight is 252 g/mol. The minimum atomic E-state index is -0.0558. The lowest BCUT2D eigenvalue weighted by Crippen LogP contribution is -2.20. The maximum Gasteiger partial charge on any atom is 0.216 e. The van der Waals surface area contributed by atoms with Gasteiger partial charge in [-0.05, 0) is 31.4 Å². The predicted octanol–water partition coefficient (Wildman–Crippen LogP) is 1.10. The van der Waals surface area contributed by atoms with Crippen molar-refractivity contribution in [2.24, 2.45) is 0 Å². The van der Waals surface area contributed by atoms with Crippen molar-refractivity contribution in [1.82, 2.24) is 9.88 Å². The third kappa shape index (κ3) is 4.33. The number of aliphatic hydroxyl groups excluding tert-OH is 1. The topological polar surface area (TPSA) is 71.3 Å². The summed E-state index contributed by atoms with van der Waals surface area (Å²) >= 11 is 0. The van der Waals surface area contributed by atoms with Crippen molar-refractivity contribution in [3.8, 4) is 0 Å². The molecule has 0 aliphatic carbocycles. The van der Waals surface area contributed by atoms with Crippen LogP contribution in [0.2, 0.25) is 0 Å². The first-order valence-electron chi connectivity index (χ1n) is 6.18. The van der Waals surface area contributed by atoms with Crippen LogP contribution < -0.4 is 5.32 Å². The third-order valence-electron chi connectivity index (χ3n) is 2.82. The second-order valence-electron chi connectivity index (χ2n) is 4.22. The summed E-state index contributed by atoms with van der Waals surface area (Å²) < 4.78 is 1.84. The Labute approximate surface area is 107 Å². The number of nitrogens with one attached hydrogen (secondary N) is 1. The first-order chi connectivity index (χ1) is 8.69. The summed E-state index contributed by atoms with van der Waals surface area (Å²) in [5.74, 6) is -0.00813. The van der Waals surface area contributed by atoms with Crippen molar-refractivity contribution in [2.45, 2.75) is 39.3 Å². The molecule has 0 aromatic carbocycles. The van der Waals surface area contributed by atoms with Gasteiger partial charge in [0.15, 0.2) is 6.29 Å². The summed E-state index contributed by atoms with van der Waals surface area (Å²) in [5, 5.41) is 11.9. The van der Waals surface area contributed by atoms with E-state index in [9.17, 15) is 9.59 Å². The molecule has 1 heterocycles. The number of carbonyl (C=O) groups is 2. The number of amides is 1. The number of hydrogen-bond donors (Lipinski definition) is 2. The standard InChI is InChI=1S/C13H20N2O3/c1-11(18)14-7-3-2-4-8-15-12(9-16)5-6-13(15)10-17/h5-6,9,17H,2-4,7-8,10H2,1H3,(H,14,18). The quantitative estimate of drug-likeness (QED) is 0.537. The molecule has 0 radical (unpaired) electrons. The molecule has 1 amide bonds. The lowest BCUT2D eigenvalue weighted by molar-refractivity contribution is -0.118. The molecule has 0 bridgehead atoms. The van der Waals surface area contributed by atoms with Crippen LogP contribution in [0.15, 0.2) is 12.1 Å². The van der Waals surface area contributed by atoms with Gasteiger partial charge in [-0.15, -0.1) is 0 Å². The second-order valence-corrected chi connectivity index (χ2v) is 4.22. The molecule has 0 spiro atoms. The number of aldehydes is 1. The largest absolute Gasteiger partial charge is 0.390 e. The van der Waals surface area contributed by atoms with E-state index in [2.05, 4.69) is 5.32 Å². The summed E-state index contributed by atoms with van der Waals surface area (Å²) in [4.78, 5) is 21.5. The fourth-order valence-electron chi connectivity index (χ4n) is 1.88. The zero-order chi connectivity index (χ0) is 13.4. The van der Waals surface area contributed by atoms with Gasteiger partial charge in [0.25, 0.3) is 0 Å². The van der Waals surface area contributed by atoms with Gasteiger partial charge in [-0.25, -0.2) is 0 Å². The fourth-order valence-corrected chi connectivity index (χ4v) is 1.88. The van der Waals surface area contributed by atoms with Gasteiger partial charge in [-0.3, -0.25) is 9.59 Å². The first-order valence-corrected chi connectivity index (χ1v) is 6.18. The molecular formula is C13H20N2O3. The maximum atomic E-state index is 10.8. The van der Waals surface area contributed by atoms with E-state index in [-0.39, 0.29) is 12.5 Å². The normalized spacial score (nSPS) is 10.3. The Bertz CT molecular complexity index is 399. The van der Waals surface area contributed by atoms with E-state index < -0.39 is 0 Å². The van der Waals surface area contributed by atoms with E-state index in [1.54, 1.807) is 12.1 Å². The summed E-state index contributed by atoms with van der Waals surface area (Å²) in [5.41, 5.74) is 1.36. The Morgan fingerprint density at radius 1 is 1.39 bits per heavy atom. The van der Waals surface area contributed by atoms with Gasteiger partial charge in [-0.1, -0.05) is 0 Å². The molecule has 1 aromatic rings. The van der Waals surface area contributed by atoms with Crippen molar-refractivity contribution in [3.63, 3.8) is 0 Å². The molecular weight excluding hydrogens is 232 g/mol. The average Bonchev–Trinajstić information content (AvgIpc) is 2.75. The molecule has 100 valence electrons. The molecule has 0 saturated heterocycles. The fraction of sp³-hybridized carbons (Fsp3) is 0.538. The van der Waals surface area contributed by atoms with Gasteiger partial charge in [0.05, 0.1) is 12.3 Å². The molecule has 0 saturated carbocycles. The maximum absolute atomic E-state index is 10.8. The number of aromatic nitrogens is 1. The van der Waals surface area contributed by atoms with Crippen LogP contribution in [0.5, 0.6) is 0 Å². The van der Waals surface area contributed by atoms with Crippen molar-refractivity contribution in [2.75, 3.05) is 6.54 Å². The minimum Gasteiger partial charge on any atom is -0.390 e. The van der Waals surface area contributed by atoms with Gasteiger partial charge < -0.3 is 15.0 Å². The lowest BCUT2D eigenvalue weighted by atomic mass is 10.2. The smallest absolute Gasteiger partial charge is 0.216 e. The highest BCUT2D eigenvalue weighted by Crippen LogP contribution is 2.10. The summed E-state index contributed by atoms with van der Waals surface area (Å²) in [7, 11) is 0. The number of carbonyl (C=O) groups excluding carboxylic acids is 2. The second kappa shape index (κ2) is 7.66. The lowest BCUT2D eigenvalue weighted by Gasteiger charge is -2.09. The summed E-state index contributed by atoms with van der Waals surface area (Å²) in [6.45, 7) is 2.86. The number of nitrogens with zero attached hydrogens (tertiary/aromatic N) is 1. The zero-order valence-electron chi connectivity index (χ0n) is 10.7. The SMILES string of the molecule is CC(=O)NCCCCCn1c(C=O)ccc1CO. The Balaban J connectivity index is 2.32. The summed E-state index contributed by atoms with van der Waals surface area (Å²) in [6, 6.07) is 3.48. The van der Waals surface area contributed by atoms with Crippen molar-refractivity contribution < 1.29 is 14.7 Å². The number of rotatable bonds is 8. The van der Waals surface area contributed by atoms with Gasteiger partial charge in [0.2, 0.25) is 5.91 Å². The third-order valence-corrected chi connectivity index (χ3v) is 2.82. The van der Waals surface area contributed by atoms with E-state index in [1.807, 2.05) is 4.57 Å². The number of unbranched alkanes of at least 4 members (excludes halogenated alkanes) is 2. The van der Waals surface area contributed by atoms with Gasteiger partial charge in [-0.2, -0.15) is 0 Å². The monoisotopic (exact) mass is 252 g/mol. The van der Waals surface area contributed by atoms with E-state index in [1.165, 1.54) is 6.92 Å². The molecule has 18 heavy (non-hydrogen) atoms. The Morgan fingerprint density at radius 2 is 2.17 bits per heavy atom. The first kappa shape index (κ1) is 14.4. The molecule has 0 unspecified atom stereocenters. The molecule has 2 N–H and O–H groups in total. The molecule has 0 aliphatic rings. The van der Waals surface area contributed by atoms with E-state index >= 15 is 0 Å². The van der Waals surface area contributed by atoms with Crippen LogP contribution in [-0.2, 0) is 17.9 Å². The predicted molar refractivity (Wildman–Crippen MR) is 68.3 cm³/mol. The molecule has 1 aromatic heterocycles. The van der Waals surface area contributed by atoms with Gasteiger partial charge >= 0.3 is 0 Å². The van der Waals surface area contributed by atoms with Crippen LogP contribution in [0.25, 0.3) is 0 Å². The van der Waals surface area contributed by atoms with Crippen LogP contribution in [0.3, 0.4) is 0 Å². The highest BCUT2D eigenvalue weighted by Gasteiger charge is 2.05. The van der Waals surface area contributed by atoms with Crippen LogP contribution in [0.1, 0.15) is 42.4 Å². The van der Waals surface area contributed by atoms with Gasteiger partial charge in [0, 0.05) is 25.7 Å². The van der Waals surface area contributed by atoms with E-state index in [0.29, 0.717) is 12.2 Å². The molecule has 0 aliphatic heterocycles. The van der Waals surface area contributed by atoms with Gasteiger partial charge in [0.1, 0.15) is 0 Å². The van der Waals surface area contributed by atoms with Crippen LogP contribution in [-0.4, -0.2) is 28.4 Å². The number of hydrogen-bond acceptors (Lipinski definition) is 3. The minimum absolute atomic E-state index is 0.00813. The van der Waals surface area contributed by atoms with Crippen LogP contribution in [0.4, 0.5) is 0 Å². The Hall–Kier alpha value is -1.62. The van der Waals surface area contributed by atoms with Crippen molar-refractivity contribution in [1.29, 1.82) is 0 Å².